The number of piperazine rings is 1. The van der Waals surface area contributed by atoms with Gasteiger partial charge in [0.25, 0.3) is 0 Å². The predicted molar refractivity (Wildman–Crippen MR) is 139 cm³/mol. The molecule has 0 saturated carbocycles. The number of carbonyl (C=O) groups excluding carboxylic acids is 3. The lowest BCUT2D eigenvalue weighted by Crippen LogP contribution is -2.57. The minimum Gasteiger partial charge on any atom is -0.444 e. The number of nitrogens with one attached hydrogen (secondary N) is 1. The van der Waals surface area contributed by atoms with E-state index in [2.05, 4.69) is 15.1 Å². The Kier molecular flexibility index (Phi) is 6.51. The third-order valence-electron chi connectivity index (χ3n) is 7.46. The van der Waals surface area contributed by atoms with Crippen LogP contribution in [0.25, 0.3) is 11.0 Å². The van der Waals surface area contributed by atoms with E-state index in [1.807, 2.05) is 39.0 Å². The first-order valence-electron chi connectivity index (χ1n) is 13.0. The van der Waals surface area contributed by atoms with Crippen LogP contribution in [0.5, 0.6) is 0 Å². The molecule has 1 aromatic heterocycles. The van der Waals surface area contributed by atoms with Gasteiger partial charge in [-0.2, -0.15) is 0 Å². The van der Waals surface area contributed by atoms with Crippen molar-refractivity contribution in [3.63, 3.8) is 0 Å². The summed E-state index contributed by atoms with van der Waals surface area (Å²) in [6, 6.07) is 5.24. The van der Waals surface area contributed by atoms with E-state index in [0.29, 0.717) is 17.9 Å². The number of ether oxygens (including phenoxy) is 1. The molecule has 1 unspecified atom stereocenters. The highest BCUT2D eigenvalue weighted by Crippen LogP contribution is 2.27. The summed E-state index contributed by atoms with van der Waals surface area (Å²) >= 11 is 0. The first kappa shape index (κ1) is 25.3. The first-order chi connectivity index (χ1) is 17.5. The molecule has 1 atom stereocenters. The molecule has 3 aliphatic rings. The number of likely N-dealkylation sites (tertiary alicyclic amines) is 1. The zero-order chi connectivity index (χ0) is 26.5. The van der Waals surface area contributed by atoms with E-state index in [9.17, 15) is 19.2 Å². The van der Waals surface area contributed by atoms with Crippen LogP contribution in [0.15, 0.2) is 23.0 Å². The van der Waals surface area contributed by atoms with Gasteiger partial charge in [-0.25, -0.2) is 9.59 Å². The fourth-order valence-electron chi connectivity index (χ4n) is 5.49. The van der Waals surface area contributed by atoms with Gasteiger partial charge in [-0.3, -0.25) is 28.9 Å². The number of aryl methyl sites for hydroxylation is 1. The van der Waals surface area contributed by atoms with Gasteiger partial charge in [0.1, 0.15) is 11.6 Å². The number of amides is 3. The number of piperidine rings is 1. The molecule has 3 aliphatic heterocycles. The molecule has 2 aromatic rings. The molecule has 0 spiro atoms. The van der Waals surface area contributed by atoms with Crippen LogP contribution in [0, 0.1) is 5.92 Å². The van der Waals surface area contributed by atoms with Crippen LogP contribution in [-0.4, -0.2) is 88.3 Å². The molecule has 11 heteroatoms. The quantitative estimate of drug-likeness (QED) is 0.615. The number of anilines is 1. The molecule has 37 heavy (non-hydrogen) atoms. The number of nitrogens with zero attached hydrogens (tertiary/aromatic N) is 5. The van der Waals surface area contributed by atoms with Crippen molar-refractivity contribution >= 4 is 34.6 Å². The Morgan fingerprint density at radius 1 is 1.05 bits per heavy atom. The summed E-state index contributed by atoms with van der Waals surface area (Å²) in [4.78, 5) is 55.7. The van der Waals surface area contributed by atoms with E-state index in [1.165, 1.54) is 4.57 Å². The molecule has 3 saturated heterocycles. The van der Waals surface area contributed by atoms with Gasteiger partial charge in [0, 0.05) is 70.9 Å². The highest BCUT2D eigenvalue weighted by atomic mass is 16.6. The predicted octanol–water partition coefficient (Wildman–Crippen LogP) is 1.31. The van der Waals surface area contributed by atoms with Crippen LogP contribution < -0.4 is 15.9 Å². The summed E-state index contributed by atoms with van der Waals surface area (Å²) in [7, 11) is 1.72. The Hall–Kier alpha value is -3.34. The highest BCUT2D eigenvalue weighted by Gasteiger charge is 2.35. The van der Waals surface area contributed by atoms with Crippen molar-refractivity contribution < 1.29 is 19.1 Å². The minimum atomic E-state index is -0.680. The number of aromatic nitrogens is 2. The summed E-state index contributed by atoms with van der Waals surface area (Å²) < 4.78 is 8.53. The zero-order valence-electron chi connectivity index (χ0n) is 22.0. The van der Waals surface area contributed by atoms with E-state index < -0.39 is 17.6 Å². The van der Waals surface area contributed by atoms with Gasteiger partial charge in [0.2, 0.25) is 11.8 Å². The normalized spacial score (nSPS) is 21.8. The van der Waals surface area contributed by atoms with Crippen molar-refractivity contribution in [1.82, 2.24) is 24.3 Å². The van der Waals surface area contributed by atoms with Gasteiger partial charge in [-0.05, 0) is 45.4 Å². The molecule has 200 valence electrons. The smallest absolute Gasteiger partial charge is 0.410 e. The van der Waals surface area contributed by atoms with Gasteiger partial charge in [-0.1, -0.05) is 0 Å². The van der Waals surface area contributed by atoms with E-state index >= 15 is 0 Å². The van der Waals surface area contributed by atoms with Gasteiger partial charge in [0.15, 0.2) is 0 Å². The maximum atomic E-state index is 13.0. The Balaban J connectivity index is 1.19. The van der Waals surface area contributed by atoms with E-state index in [4.69, 9.17) is 4.74 Å². The van der Waals surface area contributed by atoms with Crippen molar-refractivity contribution in [1.29, 1.82) is 0 Å². The Morgan fingerprint density at radius 2 is 1.76 bits per heavy atom. The average molecular weight is 513 g/mol. The summed E-state index contributed by atoms with van der Waals surface area (Å²) in [6.07, 6.45) is 0.315. The van der Waals surface area contributed by atoms with Crippen LogP contribution in [0.4, 0.5) is 10.5 Å². The van der Waals surface area contributed by atoms with Gasteiger partial charge < -0.3 is 14.5 Å². The maximum Gasteiger partial charge on any atom is 0.410 e. The monoisotopic (exact) mass is 512 g/mol. The molecule has 0 radical (unpaired) electrons. The third kappa shape index (κ3) is 5.09. The second-order valence-corrected chi connectivity index (χ2v) is 11.4. The van der Waals surface area contributed by atoms with Gasteiger partial charge in [0.05, 0.1) is 11.0 Å². The third-order valence-corrected chi connectivity index (χ3v) is 7.46. The van der Waals surface area contributed by atoms with Crippen molar-refractivity contribution in [2.24, 2.45) is 13.0 Å². The molecular formula is C26H36N6O5. The number of rotatable bonds is 4. The molecule has 1 aromatic carbocycles. The second kappa shape index (κ2) is 9.51. The fourth-order valence-corrected chi connectivity index (χ4v) is 5.49. The summed E-state index contributed by atoms with van der Waals surface area (Å²) in [5.74, 6) is -0.252. The molecule has 5 rings (SSSR count). The highest BCUT2D eigenvalue weighted by molar-refractivity contribution is 6.00. The number of imidazole rings is 1. The molecule has 3 fully saturated rings. The molecule has 4 heterocycles. The molecule has 3 amide bonds. The van der Waals surface area contributed by atoms with Crippen LogP contribution in [0.2, 0.25) is 0 Å². The first-order valence-corrected chi connectivity index (χ1v) is 13.0. The largest absolute Gasteiger partial charge is 0.444 e. The number of hydrogen-bond donors (Lipinski definition) is 1. The number of carbonyl (C=O) groups is 3. The van der Waals surface area contributed by atoms with Crippen LogP contribution in [-0.2, 0) is 21.4 Å². The SMILES string of the molecule is Cn1c(=O)n(C2CCC(=O)NC2=O)c2ccc(N3CCN(CC4CN(C(=O)OC(C)(C)C)C4)CC3)cc21. The zero-order valence-corrected chi connectivity index (χ0v) is 22.0. The Morgan fingerprint density at radius 3 is 2.41 bits per heavy atom. The maximum absolute atomic E-state index is 13.0. The van der Waals surface area contributed by atoms with Crippen molar-refractivity contribution in [2.45, 2.75) is 45.3 Å². The van der Waals surface area contributed by atoms with E-state index in [1.54, 1.807) is 16.5 Å². The summed E-state index contributed by atoms with van der Waals surface area (Å²) in [5, 5.41) is 2.35. The van der Waals surface area contributed by atoms with Crippen LogP contribution in [0.3, 0.4) is 0 Å². The van der Waals surface area contributed by atoms with Crippen molar-refractivity contribution in [2.75, 3.05) is 50.7 Å². The minimum absolute atomic E-state index is 0.224. The molecule has 11 nitrogen and oxygen atoms in total. The van der Waals surface area contributed by atoms with Crippen LogP contribution in [0.1, 0.15) is 39.7 Å². The number of benzene rings is 1. The topological polar surface area (TPSA) is 109 Å². The lowest BCUT2D eigenvalue weighted by molar-refractivity contribution is -0.135. The van der Waals surface area contributed by atoms with Crippen molar-refractivity contribution in [3.8, 4) is 0 Å². The average Bonchev–Trinajstić information content (AvgIpc) is 3.05. The van der Waals surface area contributed by atoms with E-state index in [0.717, 1.165) is 57.0 Å². The fraction of sp³-hybridized carbons (Fsp3) is 0.615. The second-order valence-electron chi connectivity index (χ2n) is 11.4. The number of hydrogen-bond acceptors (Lipinski definition) is 7. The Labute approximate surface area is 215 Å². The lowest BCUT2D eigenvalue weighted by Gasteiger charge is -2.44. The van der Waals surface area contributed by atoms with E-state index in [-0.39, 0.29) is 24.1 Å². The number of imide groups is 1. The molecule has 0 bridgehead atoms. The summed E-state index contributed by atoms with van der Waals surface area (Å²) in [6.45, 7) is 11.7. The van der Waals surface area contributed by atoms with Gasteiger partial charge in [-0.15, -0.1) is 0 Å². The van der Waals surface area contributed by atoms with Crippen molar-refractivity contribution in [3.05, 3.63) is 28.7 Å². The van der Waals surface area contributed by atoms with Gasteiger partial charge >= 0.3 is 11.8 Å². The lowest BCUT2D eigenvalue weighted by atomic mass is 10.00. The molecular weight excluding hydrogens is 476 g/mol. The standard InChI is InChI=1S/C26H36N6O5/c1-26(2,3)37-25(36)31-15-17(16-31)14-29-9-11-30(12-10-29)18-5-6-19-21(13-18)28(4)24(35)32(19)20-7-8-22(33)27-23(20)34/h5-6,13,17,20H,7-12,14-16H2,1-4H3,(H,27,33,34). The number of fused-ring (bicyclic) bond motifs is 1. The molecule has 0 aliphatic carbocycles. The Bertz CT molecular complexity index is 1280. The van der Waals surface area contributed by atoms with Crippen LogP contribution >= 0.6 is 0 Å². The summed E-state index contributed by atoms with van der Waals surface area (Å²) in [5.41, 5.74) is 1.78. The molecule has 1 N–H and O–H groups in total.